The number of aromatic nitrogens is 8. The van der Waals surface area contributed by atoms with Crippen LogP contribution in [0.1, 0.15) is 0 Å². The van der Waals surface area contributed by atoms with Crippen LogP contribution in [0, 0.1) is 0 Å². The molecule has 0 fully saturated rings. The first-order valence-corrected chi connectivity index (χ1v) is 21.5. The highest BCUT2D eigenvalue weighted by atomic mass is 15.2. The summed E-state index contributed by atoms with van der Waals surface area (Å²) in [6.07, 6.45) is 5.65. The fraction of sp³-hybridized carbons (Fsp3) is 0. The fourth-order valence-corrected chi connectivity index (χ4v) is 10.4. The second-order valence-corrected chi connectivity index (χ2v) is 16.2. The van der Waals surface area contributed by atoms with Crippen LogP contribution in [-0.4, -0.2) is 38.2 Å². The number of fused-ring (bicyclic) bond motifs is 12. The molecular weight excluding hydrogens is 785 g/mol. The van der Waals surface area contributed by atoms with Crippen molar-refractivity contribution in [3.05, 3.63) is 207 Å². The summed E-state index contributed by atoms with van der Waals surface area (Å²) in [6, 6.07) is 66.5. The first-order valence-electron chi connectivity index (χ1n) is 21.5. The summed E-state index contributed by atoms with van der Waals surface area (Å²) in [4.78, 5) is 21.3. The highest BCUT2D eigenvalue weighted by Gasteiger charge is 2.32. The third kappa shape index (κ3) is 4.71. The average Bonchev–Trinajstić information content (AvgIpc) is 4.09. The second-order valence-electron chi connectivity index (χ2n) is 16.2. The minimum atomic E-state index is 0.754. The van der Waals surface area contributed by atoms with Crippen molar-refractivity contribution in [1.29, 1.82) is 0 Å². The van der Waals surface area contributed by atoms with Crippen LogP contribution < -0.4 is 0 Å². The summed E-state index contributed by atoms with van der Waals surface area (Å²) < 4.78 is 9.49. The Kier molecular flexibility index (Phi) is 7.23. The van der Waals surface area contributed by atoms with Crippen molar-refractivity contribution in [3.63, 3.8) is 0 Å². The third-order valence-corrected chi connectivity index (χ3v) is 12.9. The molecule has 298 valence electrons. The van der Waals surface area contributed by atoms with Gasteiger partial charge in [0.2, 0.25) is 0 Å². The third-order valence-electron chi connectivity index (χ3n) is 12.9. The number of benzene rings is 6. The monoisotopic (exact) mass is 818 g/mol. The smallest absolute Gasteiger partial charge is 0.165 e. The van der Waals surface area contributed by atoms with Crippen LogP contribution in [-0.2, 0) is 0 Å². The normalized spacial score (nSPS) is 12.1. The molecule has 8 heteroatoms. The van der Waals surface area contributed by atoms with Crippen molar-refractivity contribution in [1.82, 2.24) is 38.2 Å². The van der Waals surface area contributed by atoms with E-state index in [-0.39, 0.29) is 0 Å². The predicted octanol–water partition coefficient (Wildman–Crippen LogP) is 13.3. The number of hydrogen-bond acceptors (Lipinski definition) is 4. The van der Waals surface area contributed by atoms with Gasteiger partial charge in [-0.05, 0) is 72.3 Å². The topological polar surface area (TPSA) is 71.3 Å². The molecule has 0 spiro atoms. The van der Waals surface area contributed by atoms with Crippen molar-refractivity contribution in [2.24, 2.45) is 0 Å². The minimum absolute atomic E-state index is 0.754. The average molecular weight is 819 g/mol. The molecule has 0 aliphatic rings. The zero-order valence-corrected chi connectivity index (χ0v) is 34.2. The lowest BCUT2D eigenvalue weighted by atomic mass is 10.0. The lowest BCUT2D eigenvalue weighted by Gasteiger charge is -2.26. The lowest BCUT2D eigenvalue weighted by Crippen LogP contribution is -2.16. The van der Waals surface area contributed by atoms with E-state index in [0.29, 0.717) is 0 Å². The van der Waals surface area contributed by atoms with Crippen LogP contribution in [0.15, 0.2) is 207 Å². The predicted molar refractivity (Wildman–Crippen MR) is 260 cm³/mol. The van der Waals surface area contributed by atoms with E-state index in [9.17, 15) is 0 Å². The molecule has 6 aromatic carbocycles. The van der Waals surface area contributed by atoms with Gasteiger partial charge in [-0.2, -0.15) is 0 Å². The van der Waals surface area contributed by atoms with E-state index in [0.717, 1.165) is 122 Å². The Morgan fingerprint density at radius 2 is 0.578 bits per heavy atom. The maximum atomic E-state index is 6.20. The van der Waals surface area contributed by atoms with Crippen LogP contribution in [0.3, 0.4) is 0 Å². The summed E-state index contributed by atoms with van der Waals surface area (Å²) >= 11 is 0. The van der Waals surface area contributed by atoms with Crippen LogP contribution >= 0.6 is 0 Å². The Labute approximate surface area is 365 Å². The Balaban J connectivity index is 1.33. The van der Waals surface area contributed by atoms with Gasteiger partial charge in [0.25, 0.3) is 0 Å². The molecule has 0 atom stereocenters. The standard InChI is InChI=1S/C56H34N8/c1-2-17-35(18-3-1)49-53(61-43-26-11-6-21-38(43)50-46(61)29-14-32-57-50)55(63-41-24-9-4-19-36(41)37-20-5-10-25-42(37)63)60-56(64-45-28-13-8-23-40(45)52-48(64)31-16-34-59-52)54(49)62-44-27-12-7-22-39(44)51-47(62)30-15-33-58-51/h1-34H. The van der Waals surface area contributed by atoms with Crippen molar-refractivity contribution >= 4 is 87.6 Å². The number of pyridine rings is 4. The summed E-state index contributed by atoms with van der Waals surface area (Å²) in [6.45, 7) is 0. The zero-order valence-electron chi connectivity index (χ0n) is 34.2. The van der Waals surface area contributed by atoms with Gasteiger partial charge in [0.15, 0.2) is 11.6 Å². The largest absolute Gasteiger partial charge is 0.304 e. The van der Waals surface area contributed by atoms with Gasteiger partial charge in [0.05, 0.1) is 60.7 Å². The van der Waals surface area contributed by atoms with Gasteiger partial charge in [0, 0.05) is 51.1 Å². The lowest BCUT2D eigenvalue weighted by molar-refractivity contribution is 0.960. The molecule has 0 amide bonds. The molecule has 0 saturated heterocycles. The van der Waals surface area contributed by atoms with Crippen LogP contribution in [0.2, 0.25) is 0 Å². The van der Waals surface area contributed by atoms with Gasteiger partial charge in [-0.3, -0.25) is 24.1 Å². The summed E-state index contributed by atoms with van der Waals surface area (Å²) in [5.41, 5.74) is 14.7. The number of hydrogen-bond donors (Lipinski definition) is 0. The first kappa shape index (κ1) is 34.8. The number of nitrogens with zero attached hydrogens (tertiary/aromatic N) is 8. The van der Waals surface area contributed by atoms with Crippen molar-refractivity contribution < 1.29 is 0 Å². The van der Waals surface area contributed by atoms with E-state index in [1.165, 1.54) is 0 Å². The molecule has 8 heterocycles. The van der Waals surface area contributed by atoms with Gasteiger partial charge in [-0.1, -0.05) is 121 Å². The molecular formula is C56H34N8. The molecule has 0 aliphatic carbocycles. The van der Waals surface area contributed by atoms with E-state index in [2.05, 4.69) is 188 Å². The van der Waals surface area contributed by atoms with Crippen molar-refractivity contribution in [2.75, 3.05) is 0 Å². The van der Waals surface area contributed by atoms with Gasteiger partial charge in [-0.15, -0.1) is 0 Å². The van der Waals surface area contributed by atoms with Crippen LogP contribution in [0.25, 0.3) is 122 Å². The highest BCUT2D eigenvalue weighted by molar-refractivity contribution is 6.14. The summed E-state index contributed by atoms with van der Waals surface area (Å²) in [7, 11) is 0. The molecule has 8 nitrogen and oxygen atoms in total. The van der Waals surface area contributed by atoms with Gasteiger partial charge >= 0.3 is 0 Å². The van der Waals surface area contributed by atoms with Crippen LogP contribution in [0.5, 0.6) is 0 Å². The second kappa shape index (κ2) is 13.3. The zero-order chi connectivity index (χ0) is 41.9. The molecule has 0 N–H and O–H groups in total. The van der Waals surface area contributed by atoms with E-state index in [1.54, 1.807) is 0 Å². The van der Waals surface area contributed by atoms with Crippen molar-refractivity contribution in [3.8, 4) is 34.1 Å². The maximum Gasteiger partial charge on any atom is 0.165 e. The molecule has 8 aromatic heterocycles. The van der Waals surface area contributed by atoms with E-state index < -0.39 is 0 Å². The molecule has 14 rings (SSSR count). The SMILES string of the molecule is c1ccc(-c2c(-n3c4ccccc4c4ncccc43)c(-n3c4ccccc4c4ccccc43)nc(-n3c4ccccc4c4ncccc43)c2-n2c3ccccc3c3ncccc32)cc1. The highest BCUT2D eigenvalue weighted by Crippen LogP contribution is 2.48. The number of para-hydroxylation sites is 5. The quantitative estimate of drug-likeness (QED) is 0.173. The maximum absolute atomic E-state index is 6.20. The van der Waals surface area contributed by atoms with E-state index >= 15 is 0 Å². The van der Waals surface area contributed by atoms with Gasteiger partial charge < -0.3 is 9.13 Å². The Morgan fingerprint density at radius 1 is 0.266 bits per heavy atom. The Morgan fingerprint density at radius 3 is 1.02 bits per heavy atom. The molecule has 0 bridgehead atoms. The van der Waals surface area contributed by atoms with Crippen molar-refractivity contribution in [2.45, 2.75) is 0 Å². The molecule has 0 radical (unpaired) electrons. The van der Waals surface area contributed by atoms with Crippen LogP contribution in [0.4, 0.5) is 0 Å². The Hall–Kier alpha value is -8.88. The fourth-order valence-electron chi connectivity index (χ4n) is 10.4. The summed E-state index contributed by atoms with van der Waals surface area (Å²) in [5, 5.41) is 5.46. The summed E-state index contributed by atoms with van der Waals surface area (Å²) in [5.74, 6) is 1.53. The molecule has 0 unspecified atom stereocenters. The van der Waals surface area contributed by atoms with Gasteiger partial charge in [-0.25, -0.2) is 4.98 Å². The van der Waals surface area contributed by atoms with E-state index in [1.807, 2.05) is 36.8 Å². The molecule has 0 saturated carbocycles. The molecule has 0 aliphatic heterocycles. The Bertz CT molecular complexity index is 3740. The first-order chi connectivity index (χ1) is 31.8. The molecule has 14 aromatic rings. The van der Waals surface area contributed by atoms with Gasteiger partial charge in [0.1, 0.15) is 11.4 Å². The molecule has 64 heavy (non-hydrogen) atoms. The van der Waals surface area contributed by atoms with E-state index in [4.69, 9.17) is 19.9 Å². The minimum Gasteiger partial charge on any atom is -0.304 e. The number of rotatable bonds is 5.